The van der Waals surface area contributed by atoms with Gasteiger partial charge in [0.1, 0.15) is 17.3 Å². The van der Waals surface area contributed by atoms with Crippen LogP contribution >= 0.6 is 0 Å². The molecule has 0 bridgehead atoms. The van der Waals surface area contributed by atoms with Gasteiger partial charge in [-0.1, -0.05) is 12.1 Å². The maximum Gasteiger partial charge on any atom is 0.251 e. The molecule has 3 rings (SSSR count). The molecule has 0 unspecified atom stereocenters. The normalized spacial score (nSPS) is 12.2. The van der Waals surface area contributed by atoms with Crippen LogP contribution < -0.4 is 21.5 Å². The molecule has 0 aliphatic carbocycles. The number of nitrogens with zero attached hydrogens (tertiary/aromatic N) is 2. The smallest absolute Gasteiger partial charge is 0.251 e. The molecular weight excluding hydrogens is 449 g/mol. The lowest BCUT2D eigenvalue weighted by Crippen LogP contribution is -2.26. The molecule has 0 saturated heterocycles. The van der Waals surface area contributed by atoms with Gasteiger partial charge in [-0.15, -0.1) is 0 Å². The molecular formula is C26H28FN5O3. The molecule has 8 nitrogen and oxygen atoms in total. The number of rotatable bonds is 7. The number of nitrogens with two attached hydrogens (primary N) is 2. The van der Waals surface area contributed by atoms with Crippen LogP contribution in [0.3, 0.4) is 0 Å². The van der Waals surface area contributed by atoms with E-state index in [-0.39, 0.29) is 23.4 Å². The van der Waals surface area contributed by atoms with Crippen molar-refractivity contribution in [3.8, 4) is 11.5 Å². The predicted molar refractivity (Wildman–Crippen MR) is 134 cm³/mol. The van der Waals surface area contributed by atoms with Crippen molar-refractivity contribution in [2.75, 3.05) is 0 Å². The van der Waals surface area contributed by atoms with Gasteiger partial charge in [0.15, 0.2) is 0 Å². The second-order valence-corrected chi connectivity index (χ2v) is 9.00. The van der Waals surface area contributed by atoms with Gasteiger partial charge >= 0.3 is 0 Å². The lowest BCUT2D eigenvalue weighted by atomic mass is 10.1. The zero-order chi connectivity index (χ0) is 25.8. The average molecular weight is 478 g/mol. The second kappa shape index (κ2) is 10.3. The van der Waals surface area contributed by atoms with Gasteiger partial charge in [-0.3, -0.25) is 19.6 Å². The maximum atomic E-state index is 14.1. The molecule has 0 spiro atoms. The number of carbonyl (C=O) groups is 2. The third-order valence-electron chi connectivity index (χ3n) is 4.93. The largest absolute Gasteiger partial charge is 0.456 e. The van der Waals surface area contributed by atoms with Gasteiger partial charge in [0.25, 0.3) is 5.91 Å². The van der Waals surface area contributed by atoms with Gasteiger partial charge in [-0.2, -0.15) is 0 Å². The number of allylic oxidation sites excluding steroid dienone is 1. The Morgan fingerprint density at radius 1 is 1.17 bits per heavy atom. The van der Waals surface area contributed by atoms with E-state index in [2.05, 4.69) is 15.3 Å². The van der Waals surface area contributed by atoms with E-state index in [1.165, 1.54) is 24.7 Å². The maximum absolute atomic E-state index is 14.1. The topological polar surface area (TPSA) is 133 Å². The number of halogens is 1. The third-order valence-corrected chi connectivity index (χ3v) is 4.93. The SMILES string of the molecule is Cc1cc(CC(=O)N/C(C=NC(C)(C)C)=C/N)ccc1Oc1ccnc2cc(F)c(C(N)=O)cc12. The number of aromatic nitrogens is 1. The van der Waals surface area contributed by atoms with E-state index in [9.17, 15) is 14.0 Å². The average Bonchev–Trinajstić information content (AvgIpc) is 2.77. The van der Waals surface area contributed by atoms with Crippen LogP contribution in [0.4, 0.5) is 4.39 Å². The third kappa shape index (κ3) is 6.63. The number of amides is 2. The standard InChI is InChI=1S/C26H28FN5O3/c1-15-9-16(10-24(33)32-17(13-28)14-31-26(2,3)4)5-6-22(15)35-23-7-8-30-21-12-20(27)18(25(29)34)11-19(21)23/h5-9,11-14H,10,28H2,1-4H3,(H2,29,34)(H,32,33)/b17-13+,31-14?. The lowest BCUT2D eigenvalue weighted by Gasteiger charge is -2.13. The summed E-state index contributed by atoms with van der Waals surface area (Å²) in [7, 11) is 0. The molecule has 1 aromatic heterocycles. The number of nitrogens with one attached hydrogen (secondary N) is 1. The molecule has 0 fully saturated rings. The highest BCUT2D eigenvalue weighted by atomic mass is 19.1. The Hall–Kier alpha value is -4.27. The van der Waals surface area contributed by atoms with Gasteiger partial charge in [-0.25, -0.2) is 4.39 Å². The summed E-state index contributed by atoms with van der Waals surface area (Å²) in [5.74, 6) is -0.939. The van der Waals surface area contributed by atoms with Crippen LogP contribution in [0.25, 0.3) is 10.9 Å². The number of hydrogen-bond donors (Lipinski definition) is 3. The molecule has 2 aromatic carbocycles. The number of aliphatic imine (C=N–C) groups is 1. The first kappa shape index (κ1) is 25.4. The highest BCUT2D eigenvalue weighted by Crippen LogP contribution is 2.32. The van der Waals surface area contributed by atoms with E-state index in [0.29, 0.717) is 28.1 Å². The first-order valence-electron chi connectivity index (χ1n) is 10.9. The zero-order valence-electron chi connectivity index (χ0n) is 20.1. The molecule has 0 aliphatic rings. The molecule has 9 heteroatoms. The van der Waals surface area contributed by atoms with E-state index in [1.807, 2.05) is 33.8 Å². The Morgan fingerprint density at radius 2 is 1.91 bits per heavy atom. The van der Waals surface area contributed by atoms with Gasteiger partial charge in [0.05, 0.1) is 28.7 Å². The first-order valence-corrected chi connectivity index (χ1v) is 10.9. The number of pyridine rings is 1. The van der Waals surface area contributed by atoms with Crippen molar-refractivity contribution in [3.05, 3.63) is 77.0 Å². The molecule has 5 N–H and O–H groups in total. The minimum atomic E-state index is -0.879. The Bertz CT molecular complexity index is 1340. The fourth-order valence-corrected chi connectivity index (χ4v) is 3.24. The summed E-state index contributed by atoms with van der Waals surface area (Å²) >= 11 is 0. The van der Waals surface area contributed by atoms with Crippen molar-refractivity contribution in [1.82, 2.24) is 10.3 Å². The van der Waals surface area contributed by atoms with Crippen molar-refractivity contribution < 1.29 is 18.7 Å². The van der Waals surface area contributed by atoms with Crippen LogP contribution in [0, 0.1) is 12.7 Å². The van der Waals surface area contributed by atoms with Crippen LogP contribution in [-0.2, 0) is 11.2 Å². The van der Waals surface area contributed by atoms with Gasteiger partial charge in [-0.05, 0) is 57.0 Å². The summed E-state index contributed by atoms with van der Waals surface area (Å²) in [4.78, 5) is 32.5. The van der Waals surface area contributed by atoms with E-state index < -0.39 is 11.7 Å². The van der Waals surface area contributed by atoms with Gasteiger partial charge < -0.3 is 21.5 Å². The number of carbonyl (C=O) groups excluding carboxylic acids is 2. The fraction of sp³-hybridized carbons (Fsp3) is 0.231. The number of primary amides is 1. The molecule has 3 aromatic rings. The highest BCUT2D eigenvalue weighted by molar-refractivity contribution is 5.98. The fourth-order valence-electron chi connectivity index (χ4n) is 3.24. The van der Waals surface area contributed by atoms with Crippen molar-refractivity contribution in [2.24, 2.45) is 16.5 Å². The Labute approximate surface area is 202 Å². The van der Waals surface area contributed by atoms with E-state index in [1.54, 1.807) is 18.2 Å². The van der Waals surface area contributed by atoms with Crippen molar-refractivity contribution in [3.63, 3.8) is 0 Å². The Kier molecular flexibility index (Phi) is 7.49. The van der Waals surface area contributed by atoms with Crippen LogP contribution in [0.15, 0.2) is 59.5 Å². The molecule has 0 atom stereocenters. The van der Waals surface area contributed by atoms with Crippen molar-refractivity contribution in [1.29, 1.82) is 0 Å². The van der Waals surface area contributed by atoms with Crippen LogP contribution in [-0.4, -0.2) is 28.6 Å². The summed E-state index contributed by atoms with van der Waals surface area (Å²) in [5, 5.41) is 3.19. The number of aryl methyl sites for hydroxylation is 1. The van der Waals surface area contributed by atoms with E-state index >= 15 is 0 Å². The molecule has 35 heavy (non-hydrogen) atoms. The molecule has 2 amide bonds. The first-order chi connectivity index (χ1) is 16.5. The molecule has 1 heterocycles. The van der Waals surface area contributed by atoms with E-state index in [0.717, 1.165) is 17.2 Å². The van der Waals surface area contributed by atoms with Crippen LogP contribution in [0.2, 0.25) is 0 Å². The van der Waals surface area contributed by atoms with Crippen LogP contribution in [0.5, 0.6) is 11.5 Å². The minimum absolute atomic E-state index is 0.126. The summed E-state index contributed by atoms with van der Waals surface area (Å²) in [5.41, 5.74) is 12.6. The minimum Gasteiger partial charge on any atom is -0.456 e. The monoisotopic (exact) mass is 477 g/mol. The summed E-state index contributed by atoms with van der Waals surface area (Å²) < 4.78 is 20.2. The molecule has 0 aliphatic heterocycles. The van der Waals surface area contributed by atoms with E-state index in [4.69, 9.17) is 16.2 Å². The number of hydrogen-bond acceptors (Lipinski definition) is 6. The highest BCUT2D eigenvalue weighted by Gasteiger charge is 2.15. The second-order valence-electron chi connectivity index (χ2n) is 9.00. The van der Waals surface area contributed by atoms with Crippen molar-refractivity contribution >= 4 is 28.9 Å². The van der Waals surface area contributed by atoms with Crippen LogP contribution in [0.1, 0.15) is 42.3 Å². The number of ether oxygens (including phenoxy) is 1. The lowest BCUT2D eigenvalue weighted by molar-refractivity contribution is -0.119. The summed E-state index contributed by atoms with van der Waals surface area (Å²) in [6.07, 6.45) is 4.44. The Balaban J connectivity index is 1.77. The number of benzene rings is 2. The van der Waals surface area contributed by atoms with Gasteiger partial charge in [0.2, 0.25) is 5.91 Å². The molecule has 0 saturated carbocycles. The molecule has 182 valence electrons. The summed E-state index contributed by atoms with van der Waals surface area (Å²) in [6, 6.07) is 9.44. The molecule has 0 radical (unpaired) electrons. The Morgan fingerprint density at radius 3 is 2.54 bits per heavy atom. The number of fused-ring (bicyclic) bond motifs is 1. The quantitative estimate of drug-likeness (QED) is 0.444. The summed E-state index contributed by atoms with van der Waals surface area (Å²) in [6.45, 7) is 7.66. The zero-order valence-corrected chi connectivity index (χ0v) is 20.1. The van der Waals surface area contributed by atoms with Crippen molar-refractivity contribution in [2.45, 2.75) is 39.7 Å². The van der Waals surface area contributed by atoms with Gasteiger partial charge in [0, 0.05) is 30.1 Å². The predicted octanol–water partition coefficient (Wildman–Crippen LogP) is 3.90.